The lowest BCUT2D eigenvalue weighted by Gasteiger charge is -2.31. The van der Waals surface area contributed by atoms with Gasteiger partial charge in [-0.3, -0.25) is 9.48 Å². The molecule has 0 atom stereocenters. The number of furan rings is 1. The molecule has 0 radical (unpaired) electrons. The van der Waals surface area contributed by atoms with E-state index in [2.05, 4.69) is 17.0 Å². The molecule has 22 heavy (non-hydrogen) atoms. The highest BCUT2D eigenvalue weighted by Crippen LogP contribution is 2.14. The molecule has 0 aliphatic carbocycles. The third-order valence-electron chi connectivity index (χ3n) is 3.58. The van der Waals surface area contributed by atoms with Gasteiger partial charge < -0.3 is 14.2 Å². The molecule has 1 aliphatic heterocycles. The van der Waals surface area contributed by atoms with Crippen molar-refractivity contribution in [3.8, 4) is 0 Å². The second-order valence-electron chi connectivity index (χ2n) is 5.22. The van der Waals surface area contributed by atoms with E-state index in [0.717, 1.165) is 26.2 Å². The third-order valence-corrected chi connectivity index (χ3v) is 3.78. The largest absolute Gasteiger partial charge is 0.454 e. The molecule has 2 aromatic heterocycles. The van der Waals surface area contributed by atoms with Crippen LogP contribution in [0.25, 0.3) is 0 Å². The average molecular weight is 345 g/mol. The normalized spacial score (nSPS) is 15.6. The van der Waals surface area contributed by atoms with Crippen LogP contribution in [0.4, 0.5) is 0 Å². The fraction of sp³-hybridized carbons (Fsp3) is 0.429. The van der Waals surface area contributed by atoms with Gasteiger partial charge in [-0.2, -0.15) is 5.10 Å². The fourth-order valence-corrected chi connectivity index (χ4v) is 2.48. The molecular weight excluding hydrogens is 327 g/mol. The van der Waals surface area contributed by atoms with Gasteiger partial charge >= 0.3 is 0 Å². The standard InChI is InChI=1S/C14H17ClN4O2.ClH/c1-17-4-6-18(7-5-17)14(20)13-3-2-12(21-13)10-19-9-11(15)8-16-19;/h2-3,8-9H,4-7,10H2,1H3;1H. The van der Waals surface area contributed by atoms with E-state index in [1.807, 2.05) is 4.90 Å². The minimum Gasteiger partial charge on any atom is -0.454 e. The molecule has 1 amide bonds. The van der Waals surface area contributed by atoms with Crippen molar-refractivity contribution in [3.63, 3.8) is 0 Å². The van der Waals surface area contributed by atoms with Crippen molar-refractivity contribution in [1.82, 2.24) is 19.6 Å². The zero-order valence-corrected chi connectivity index (χ0v) is 13.8. The molecule has 0 saturated carbocycles. The molecule has 6 nitrogen and oxygen atoms in total. The molecule has 1 saturated heterocycles. The maximum atomic E-state index is 12.3. The summed E-state index contributed by atoms with van der Waals surface area (Å²) in [5.41, 5.74) is 0. The lowest BCUT2D eigenvalue weighted by atomic mass is 10.3. The first-order valence-electron chi connectivity index (χ1n) is 6.86. The van der Waals surface area contributed by atoms with Crippen LogP contribution in [0.15, 0.2) is 28.9 Å². The van der Waals surface area contributed by atoms with E-state index in [9.17, 15) is 4.79 Å². The SMILES string of the molecule is CN1CCN(C(=O)c2ccc(Cn3cc(Cl)cn3)o2)CC1.Cl. The van der Waals surface area contributed by atoms with Gasteiger partial charge in [0.15, 0.2) is 5.76 Å². The minimum atomic E-state index is -0.0483. The van der Waals surface area contributed by atoms with E-state index < -0.39 is 0 Å². The average Bonchev–Trinajstić information content (AvgIpc) is 3.09. The summed E-state index contributed by atoms with van der Waals surface area (Å²) in [6.07, 6.45) is 3.28. The van der Waals surface area contributed by atoms with Crippen LogP contribution in [0.1, 0.15) is 16.3 Å². The van der Waals surface area contributed by atoms with E-state index in [4.69, 9.17) is 16.0 Å². The summed E-state index contributed by atoms with van der Waals surface area (Å²) in [6.45, 7) is 3.72. The Balaban J connectivity index is 0.00000176. The molecular formula is C14H18Cl2N4O2. The number of aromatic nitrogens is 2. The molecule has 2 aromatic rings. The van der Waals surface area contributed by atoms with Gasteiger partial charge in [0.25, 0.3) is 5.91 Å². The summed E-state index contributed by atoms with van der Waals surface area (Å²) in [5.74, 6) is 1.02. The van der Waals surface area contributed by atoms with Crippen LogP contribution in [0.2, 0.25) is 5.02 Å². The third kappa shape index (κ3) is 3.82. The Morgan fingerprint density at radius 3 is 2.68 bits per heavy atom. The molecule has 120 valence electrons. The van der Waals surface area contributed by atoms with Gasteiger partial charge in [0.1, 0.15) is 5.76 Å². The number of likely N-dealkylation sites (N-methyl/N-ethyl adjacent to an activating group) is 1. The smallest absolute Gasteiger partial charge is 0.289 e. The first-order valence-corrected chi connectivity index (χ1v) is 7.24. The minimum absolute atomic E-state index is 0. The van der Waals surface area contributed by atoms with Crippen molar-refractivity contribution in [3.05, 3.63) is 41.1 Å². The van der Waals surface area contributed by atoms with E-state index in [0.29, 0.717) is 23.1 Å². The molecule has 0 N–H and O–H groups in total. The lowest BCUT2D eigenvalue weighted by molar-refractivity contribution is 0.0630. The number of hydrogen-bond acceptors (Lipinski definition) is 4. The maximum absolute atomic E-state index is 12.3. The summed E-state index contributed by atoms with van der Waals surface area (Å²) in [7, 11) is 2.06. The van der Waals surface area contributed by atoms with Crippen molar-refractivity contribution in [2.45, 2.75) is 6.54 Å². The van der Waals surface area contributed by atoms with Crippen LogP contribution < -0.4 is 0 Å². The van der Waals surface area contributed by atoms with Gasteiger partial charge in [0, 0.05) is 32.4 Å². The first-order chi connectivity index (χ1) is 10.1. The van der Waals surface area contributed by atoms with E-state index in [1.165, 1.54) is 0 Å². The van der Waals surface area contributed by atoms with E-state index in [-0.39, 0.29) is 18.3 Å². The van der Waals surface area contributed by atoms with Crippen LogP contribution in [-0.4, -0.2) is 58.7 Å². The van der Waals surface area contributed by atoms with Gasteiger partial charge in [0.05, 0.1) is 17.8 Å². The second kappa shape index (κ2) is 7.17. The predicted molar refractivity (Wildman–Crippen MR) is 85.7 cm³/mol. The molecule has 3 heterocycles. The molecule has 1 fully saturated rings. The topological polar surface area (TPSA) is 54.5 Å². The van der Waals surface area contributed by atoms with Crippen molar-refractivity contribution < 1.29 is 9.21 Å². The Hall–Kier alpha value is -1.50. The molecule has 8 heteroatoms. The van der Waals surface area contributed by atoms with Crippen molar-refractivity contribution in [1.29, 1.82) is 0 Å². The highest BCUT2D eigenvalue weighted by Gasteiger charge is 2.22. The summed E-state index contributed by atoms with van der Waals surface area (Å²) < 4.78 is 7.30. The molecule has 1 aliphatic rings. The number of amides is 1. The van der Waals surface area contributed by atoms with Crippen LogP contribution in [-0.2, 0) is 6.54 Å². The maximum Gasteiger partial charge on any atom is 0.289 e. The first kappa shape index (κ1) is 16.9. The summed E-state index contributed by atoms with van der Waals surface area (Å²) >= 11 is 5.82. The Morgan fingerprint density at radius 1 is 1.32 bits per heavy atom. The summed E-state index contributed by atoms with van der Waals surface area (Å²) in [6, 6.07) is 3.53. The summed E-state index contributed by atoms with van der Waals surface area (Å²) in [4.78, 5) is 16.4. The van der Waals surface area contributed by atoms with Crippen LogP contribution in [0.3, 0.4) is 0 Å². The fourth-order valence-electron chi connectivity index (χ4n) is 2.33. The molecule has 0 spiro atoms. The van der Waals surface area contributed by atoms with Gasteiger partial charge in [-0.05, 0) is 19.2 Å². The Labute approximate surface area is 140 Å². The molecule has 0 unspecified atom stereocenters. The van der Waals surface area contributed by atoms with Crippen LogP contribution in [0, 0.1) is 0 Å². The highest BCUT2D eigenvalue weighted by molar-refractivity contribution is 6.30. The van der Waals surface area contributed by atoms with Gasteiger partial charge in [-0.25, -0.2) is 0 Å². The monoisotopic (exact) mass is 344 g/mol. The second-order valence-corrected chi connectivity index (χ2v) is 5.65. The van der Waals surface area contributed by atoms with E-state index in [1.54, 1.807) is 29.2 Å². The number of carbonyl (C=O) groups is 1. The number of rotatable bonds is 3. The van der Waals surface area contributed by atoms with Crippen molar-refractivity contribution >= 4 is 29.9 Å². The number of nitrogens with zero attached hydrogens (tertiary/aromatic N) is 4. The number of hydrogen-bond donors (Lipinski definition) is 0. The Morgan fingerprint density at radius 2 is 2.05 bits per heavy atom. The van der Waals surface area contributed by atoms with E-state index >= 15 is 0 Å². The Bertz CT molecular complexity index is 632. The van der Waals surface area contributed by atoms with Gasteiger partial charge in [-0.1, -0.05) is 11.6 Å². The molecule has 0 bridgehead atoms. The van der Waals surface area contributed by atoms with Crippen molar-refractivity contribution in [2.75, 3.05) is 33.2 Å². The summed E-state index contributed by atoms with van der Waals surface area (Å²) in [5, 5.41) is 4.67. The predicted octanol–water partition coefficient (Wildman–Crippen LogP) is 1.99. The number of piperazine rings is 1. The van der Waals surface area contributed by atoms with Crippen LogP contribution >= 0.6 is 24.0 Å². The molecule has 3 rings (SSSR count). The van der Waals surface area contributed by atoms with Gasteiger partial charge in [-0.15, -0.1) is 12.4 Å². The zero-order chi connectivity index (χ0) is 14.8. The van der Waals surface area contributed by atoms with Gasteiger partial charge in [0.2, 0.25) is 0 Å². The number of carbonyl (C=O) groups excluding carboxylic acids is 1. The molecule has 0 aromatic carbocycles. The highest BCUT2D eigenvalue weighted by atomic mass is 35.5. The Kier molecular flexibility index (Phi) is 5.50. The lowest BCUT2D eigenvalue weighted by Crippen LogP contribution is -2.47. The number of halogens is 2. The quantitative estimate of drug-likeness (QED) is 0.854. The van der Waals surface area contributed by atoms with Crippen molar-refractivity contribution in [2.24, 2.45) is 0 Å². The zero-order valence-electron chi connectivity index (χ0n) is 12.2. The van der Waals surface area contributed by atoms with Crippen LogP contribution in [0.5, 0.6) is 0 Å².